The second kappa shape index (κ2) is 5.98. The highest BCUT2D eigenvalue weighted by atomic mass is 32.2. The number of benzene rings is 1. The summed E-state index contributed by atoms with van der Waals surface area (Å²) in [6.07, 6.45) is 1.79. The number of carboxylic acids is 1. The van der Waals surface area contributed by atoms with Crippen molar-refractivity contribution in [2.45, 2.75) is 31.6 Å². The van der Waals surface area contributed by atoms with E-state index < -0.39 is 5.97 Å². The summed E-state index contributed by atoms with van der Waals surface area (Å²) in [7, 11) is 0. The summed E-state index contributed by atoms with van der Waals surface area (Å²) in [5, 5.41) is 16.4. The molecule has 0 fully saturated rings. The lowest BCUT2D eigenvalue weighted by atomic mass is 10.0. The van der Waals surface area contributed by atoms with E-state index in [0.717, 1.165) is 11.1 Å². The van der Waals surface area contributed by atoms with E-state index in [9.17, 15) is 9.59 Å². The number of aromatic carboxylic acids is 1. The SMILES string of the molecule is CC(C)(C)n1ncc2c1NC(=O)CS[C@@H]2c1ccc(C(=O)O)cc1. The number of carboxylic acid groups (broad SMARTS) is 1. The normalized spacial score (nSPS) is 17.8. The molecule has 0 radical (unpaired) electrons. The Labute approximate surface area is 144 Å². The zero-order chi connectivity index (χ0) is 17.5. The Bertz CT molecular complexity index is 790. The Hall–Kier alpha value is -2.28. The fourth-order valence-corrected chi connectivity index (χ4v) is 3.77. The molecule has 0 unspecified atom stereocenters. The number of amides is 1. The van der Waals surface area contributed by atoms with E-state index in [-0.39, 0.29) is 22.3 Å². The molecule has 1 aliphatic rings. The first kappa shape index (κ1) is 16.6. The Kier molecular flexibility index (Phi) is 4.13. The van der Waals surface area contributed by atoms with Gasteiger partial charge in [-0.1, -0.05) is 12.1 Å². The van der Waals surface area contributed by atoms with E-state index in [2.05, 4.69) is 10.4 Å². The zero-order valence-electron chi connectivity index (χ0n) is 13.7. The van der Waals surface area contributed by atoms with E-state index in [4.69, 9.17) is 5.11 Å². The number of hydrogen-bond donors (Lipinski definition) is 2. The highest BCUT2D eigenvalue weighted by Gasteiger charge is 2.30. The van der Waals surface area contributed by atoms with Crippen LogP contribution in [0, 0.1) is 0 Å². The Morgan fingerprint density at radius 2 is 2.00 bits per heavy atom. The summed E-state index contributed by atoms with van der Waals surface area (Å²) >= 11 is 1.51. The third-order valence-corrected chi connectivity index (χ3v) is 5.10. The van der Waals surface area contributed by atoms with Crippen LogP contribution in [0.25, 0.3) is 0 Å². The van der Waals surface area contributed by atoms with Crippen molar-refractivity contribution >= 4 is 29.5 Å². The number of nitrogens with zero attached hydrogens (tertiary/aromatic N) is 2. The van der Waals surface area contributed by atoms with Crippen LogP contribution >= 0.6 is 11.8 Å². The molecule has 0 saturated carbocycles. The molecule has 1 aromatic carbocycles. The van der Waals surface area contributed by atoms with E-state index in [0.29, 0.717) is 11.6 Å². The standard InChI is InChI=1S/C17H19N3O3S/c1-17(2,3)20-15-12(8-18-20)14(24-9-13(21)19-15)10-4-6-11(7-5-10)16(22)23/h4-8,14H,9H2,1-3H3,(H,19,21)(H,22,23)/t14-/m1/s1. The number of thioether (sulfide) groups is 1. The highest BCUT2D eigenvalue weighted by molar-refractivity contribution is 8.00. The summed E-state index contributed by atoms with van der Waals surface area (Å²) in [4.78, 5) is 23.1. The largest absolute Gasteiger partial charge is 0.478 e. The fraction of sp³-hybridized carbons (Fsp3) is 0.353. The minimum atomic E-state index is -0.951. The number of aromatic nitrogens is 2. The van der Waals surface area contributed by atoms with Crippen LogP contribution in [0.1, 0.15) is 47.5 Å². The monoisotopic (exact) mass is 345 g/mol. The molecule has 24 heavy (non-hydrogen) atoms. The highest BCUT2D eigenvalue weighted by Crippen LogP contribution is 2.42. The molecule has 1 atom stereocenters. The van der Waals surface area contributed by atoms with Gasteiger partial charge in [0.15, 0.2) is 0 Å². The van der Waals surface area contributed by atoms with Crippen molar-refractivity contribution in [2.75, 3.05) is 11.1 Å². The van der Waals surface area contributed by atoms with Crippen LogP contribution in [0.3, 0.4) is 0 Å². The van der Waals surface area contributed by atoms with Gasteiger partial charge in [-0.15, -0.1) is 11.8 Å². The molecule has 0 spiro atoms. The first-order valence-corrected chi connectivity index (χ1v) is 8.65. The summed E-state index contributed by atoms with van der Waals surface area (Å²) in [5.74, 6) is 0.0411. The lowest BCUT2D eigenvalue weighted by Gasteiger charge is -2.23. The Morgan fingerprint density at radius 3 is 2.58 bits per heavy atom. The number of nitrogens with one attached hydrogen (secondary N) is 1. The molecule has 1 aliphatic heterocycles. The predicted octanol–water partition coefficient (Wildman–Crippen LogP) is 3.11. The number of carbonyl (C=O) groups excluding carboxylic acids is 1. The zero-order valence-corrected chi connectivity index (χ0v) is 14.6. The maximum atomic E-state index is 12.1. The van der Waals surface area contributed by atoms with Gasteiger partial charge in [0.25, 0.3) is 0 Å². The van der Waals surface area contributed by atoms with Crippen molar-refractivity contribution in [3.05, 3.63) is 47.2 Å². The van der Waals surface area contributed by atoms with Gasteiger partial charge in [0.2, 0.25) is 5.91 Å². The summed E-state index contributed by atoms with van der Waals surface area (Å²) in [6.45, 7) is 6.09. The van der Waals surface area contributed by atoms with Crippen molar-refractivity contribution in [3.63, 3.8) is 0 Å². The van der Waals surface area contributed by atoms with Gasteiger partial charge >= 0.3 is 5.97 Å². The van der Waals surface area contributed by atoms with Crippen molar-refractivity contribution in [1.82, 2.24) is 9.78 Å². The van der Waals surface area contributed by atoms with Crippen LogP contribution in [0.2, 0.25) is 0 Å². The molecular formula is C17H19N3O3S. The average Bonchev–Trinajstić information content (AvgIpc) is 2.84. The maximum absolute atomic E-state index is 12.1. The maximum Gasteiger partial charge on any atom is 0.335 e. The number of rotatable bonds is 2. The summed E-state index contributed by atoms with van der Waals surface area (Å²) in [5.41, 5.74) is 1.88. The first-order chi connectivity index (χ1) is 11.3. The molecule has 126 valence electrons. The lowest BCUT2D eigenvalue weighted by Crippen LogP contribution is -2.27. The second-order valence-corrected chi connectivity index (χ2v) is 7.79. The number of anilines is 1. The van der Waals surface area contributed by atoms with E-state index in [1.165, 1.54) is 11.8 Å². The van der Waals surface area contributed by atoms with Crippen LogP contribution in [0.5, 0.6) is 0 Å². The van der Waals surface area contributed by atoms with Gasteiger partial charge in [-0.3, -0.25) is 4.79 Å². The predicted molar refractivity (Wildman–Crippen MR) is 93.6 cm³/mol. The number of fused-ring (bicyclic) bond motifs is 1. The van der Waals surface area contributed by atoms with E-state index >= 15 is 0 Å². The molecule has 6 nitrogen and oxygen atoms in total. The molecule has 0 saturated heterocycles. The van der Waals surface area contributed by atoms with Crippen LogP contribution in [-0.2, 0) is 10.3 Å². The third kappa shape index (κ3) is 3.03. The molecule has 1 amide bonds. The Balaban J connectivity index is 2.06. The minimum Gasteiger partial charge on any atom is -0.478 e. The second-order valence-electron chi connectivity index (χ2n) is 6.70. The van der Waals surface area contributed by atoms with Gasteiger partial charge in [0.1, 0.15) is 5.82 Å². The topological polar surface area (TPSA) is 84.2 Å². The lowest BCUT2D eigenvalue weighted by molar-refractivity contribution is -0.113. The van der Waals surface area contributed by atoms with Crippen molar-refractivity contribution in [3.8, 4) is 0 Å². The molecule has 2 N–H and O–H groups in total. The van der Waals surface area contributed by atoms with Gasteiger partial charge in [-0.2, -0.15) is 5.10 Å². The van der Waals surface area contributed by atoms with Crippen LogP contribution in [-0.4, -0.2) is 32.5 Å². The first-order valence-electron chi connectivity index (χ1n) is 7.60. The van der Waals surface area contributed by atoms with Gasteiger partial charge in [0, 0.05) is 5.56 Å². The smallest absolute Gasteiger partial charge is 0.335 e. The quantitative estimate of drug-likeness (QED) is 0.874. The van der Waals surface area contributed by atoms with Crippen LogP contribution in [0.15, 0.2) is 30.5 Å². The summed E-state index contributed by atoms with van der Waals surface area (Å²) in [6, 6.07) is 6.78. The molecule has 0 bridgehead atoms. The number of hydrogen-bond acceptors (Lipinski definition) is 4. The third-order valence-electron chi connectivity index (χ3n) is 3.81. The van der Waals surface area contributed by atoms with Gasteiger partial charge in [0.05, 0.1) is 28.3 Å². The van der Waals surface area contributed by atoms with E-state index in [1.54, 1.807) is 30.5 Å². The Morgan fingerprint density at radius 1 is 1.33 bits per heavy atom. The molecule has 0 aliphatic carbocycles. The molecule has 3 rings (SSSR count). The van der Waals surface area contributed by atoms with Crippen molar-refractivity contribution in [2.24, 2.45) is 0 Å². The summed E-state index contributed by atoms with van der Waals surface area (Å²) < 4.78 is 1.82. The minimum absolute atomic E-state index is 0.0584. The van der Waals surface area contributed by atoms with E-state index in [1.807, 2.05) is 25.5 Å². The molecular weight excluding hydrogens is 326 g/mol. The van der Waals surface area contributed by atoms with Gasteiger partial charge in [-0.05, 0) is 38.5 Å². The van der Waals surface area contributed by atoms with Crippen molar-refractivity contribution in [1.29, 1.82) is 0 Å². The molecule has 2 aromatic rings. The average molecular weight is 345 g/mol. The molecule has 2 heterocycles. The van der Waals surface area contributed by atoms with Crippen LogP contribution < -0.4 is 5.32 Å². The molecule has 1 aromatic heterocycles. The van der Waals surface area contributed by atoms with Crippen LogP contribution in [0.4, 0.5) is 5.82 Å². The molecule has 7 heteroatoms. The fourth-order valence-electron chi connectivity index (χ4n) is 2.68. The van der Waals surface area contributed by atoms with Gasteiger partial charge < -0.3 is 10.4 Å². The number of carbonyl (C=O) groups is 2. The van der Waals surface area contributed by atoms with Crippen molar-refractivity contribution < 1.29 is 14.7 Å². The van der Waals surface area contributed by atoms with Gasteiger partial charge in [-0.25, -0.2) is 9.48 Å².